The van der Waals surface area contributed by atoms with E-state index < -0.39 is 0 Å². The predicted molar refractivity (Wildman–Crippen MR) is 45.9 cm³/mol. The van der Waals surface area contributed by atoms with Gasteiger partial charge in [-0.05, 0) is 30.6 Å². The van der Waals surface area contributed by atoms with Crippen LogP contribution in [0.3, 0.4) is 0 Å². The third-order valence-corrected chi connectivity index (χ3v) is 2.85. The third kappa shape index (κ3) is 2.48. The van der Waals surface area contributed by atoms with Crippen molar-refractivity contribution in [2.75, 3.05) is 0 Å². The summed E-state index contributed by atoms with van der Waals surface area (Å²) in [6.45, 7) is 6.74. The van der Waals surface area contributed by atoms with E-state index >= 15 is 0 Å². The SMILES string of the molecule is CC(C)(C)C1CCCC([O])C1. The van der Waals surface area contributed by atoms with Crippen molar-refractivity contribution in [3.05, 3.63) is 0 Å². The molecule has 1 nitrogen and oxygen atoms in total. The first kappa shape index (κ1) is 9.05. The second-order valence-electron chi connectivity index (χ2n) is 4.85. The Kier molecular flexibility index (Phi) is 2.58. The lowest BCUT2D eigenvalue weighted by Crippen LogP contribution is -2.28. The average Bonchev–Trinajstić information content (AvgIpc) is 1.86. The van der Waals surface area contributed by atoms with E-state index in [2.05, 4.69) is 20.8 Å². The summed E-state index contributed by atoms with van der Waals surface area (Å²) < 4.78 is 0. The molecule has 1 aliphatic rings. The van der Waals surface area contributed by atoms with Crippen molar-refractivity contribution in [3.8, 4) is 0 Å². The molecule has 1 radical (unpaired) electrons. The first-order valence-electron chi connectivity index (χ1n) is 4.66. The Hall–Kier alpha value is -0.0400. The minimum atomic E-state index is -0.270. The van der Waals surface area contributed by atoms with Gasteiger partial charge in [0.05, 0.1) is 6.10 Å². The van der Waals surface area contributed by atoms with Gasteiger partial charge in [0.15, 0.2) is 0 Å². The molecule has 0 aromatic carbocycles. The Balaban J connectivity index is 2.46. The van der Waals surface area contributed by atoms with Gasteiger partial charge in [0.25, 0.3) is 0 Å². The van der Waals surface area contributed by atoms with Crippen LogP contribution in [0, 0.1) is 11.3 Å². The monoisotopic (exact) mass is 155 g/mol. The summed E-state index contributed by atoms with van der Waals surface area (Å²) in [5, 5.41) is 11.2. The van der Waals surface area contributed by atoms with Crippen LogP contribution in [0.15, 0.2) is 0 Å². The standard InChI is InChI=1S/C10H19O/c1-10(2,3)8-5-4-6-9(11)7-8/h8-9H,4-7H2,1-3H3. The van der Waals surface area contributed by atoms with E-state index in [1.165, 1.54) is 6.42 Å². The fourth-order valence-electron chi connectivity index (χ4n) is 1.93. The van der Waals surface area contributed by atoms with Crippen LogP contribution < -0.4 is 0 Å². The molecule has 0 aromatic heterocycles. The van der Waals surface area contributed by atoms with Crippen molar-refractivity contribution in [1.82, 2.24) is 0 Å². The van der Waals surface area contributed by atoms with E-state index in [0.29, 0.717) is 11.3 Å². The van der Waals surface area contributed by atoms with E-state index in [1.807, 2.05) is 0 Å². The first-order valence-corrected chi connectivity index (χ1v) is 4.66. The zero-order valence-electron chi connectivity index (χ0n) is 7.89. The summed E-state index contributed by atoms with van der Waals surface area (Å²) in [6.07, 6.45) is 3.96. The van der Waals surface area contributed by atoms with E-state index in [1.54, 1.807) is 0 Å². The highest BCUT2D eigenvalue weighted by Gasteiger charge is 2.30. The summed E-state index contributed by atoms with van der Waals surface area (Å²) in [7, 11) is 0. The van der Waals surface area contributed by atoms with Crippen LogP contribution in [0.4, 0.5) is 0 Å². The van der Waals surface area contributed by atoms with Crippen molar-refractivity contribution in [2.24, 2.45) is 11.3 Å². The van der Waals surface area contributed by atoms with Gasteiger partial charge in [0, 0.05) is 0 Å². The van der Waals surface area contributed by atoms with Gasteiger partial charge >= 0.3 is 0 Å². The van der Waals surface area contributed by atoms with Crippen LogP contribution in [-0.2, 0) is 5.11 Å². The smallest absolute Gasteiger partial charge is 0.0933 e. The fraction of sp³-hybridized carbons (Fsp3) is 1.00. The summed E-state index contributed by atoms with van der Waals surface area (Å²) in [5.74, 6) is 0.666. The van der Waals surface area contributed by atoms with Crippen molar-refractivity contribution in [1.29, 1.82) is 0 Å². The maximum absolute atomic E-state index is 11.2. The summed E-state index contributed by atoms with van der Waals surface area (Å²) in [5.41, 5.74) is 0.350. The normalized spacial score (nSPS) is 33.8. The topological polar surface area (TPSA) is 19.9 Å². The van der Waals surface area contributed by atoms with E-state index in [-0.39, 0.29) is 6.10 Å². The Morgan fingerprint density at radius 1 is 1.18 bits per heavy atom. The maximum atomic E-state index is 11.2. The average molecular weight is 155 g/mol. The Morgan fingerprint density at radius 2 is 1.82 bits per heavy atom. The highest BCUT2D eigenvalue weighted by Crippen LogP contribution is 2.37. The second kappa shape index (κ2) is 3.14. The van der Waals surface area contributed by atoms with E-state index in [9.17, 15) is 5.11 Å². The molecule has 11 heavy (non-hydrogen) atoms. The maximum Gasteiger partial charge on any atom is 0.0933 e. The van der Waals surface area contributed by atoms with E-state index in [0.717, 1.165) is 19.3 Å². The molecule has 65 valence electrons. The van der Waals surface area contributed by atoms with Crippen LogP contribution in [-0.4, -0.2) is 6.10 Å². The van der Waals surface area contributed by atoms with Crippen LogP contribution in [0.5, 0.6) is 0 Å². The molecule has 0 saturated heterocycles. The van der Waals surface area contributed by atoms with Crippen molar-refractivity contribution < 1.29 is 5.11 Å². The molecule has 0 amide bonds. The molecule has 0 spiro atoms. The quantitative estimate of drug-likeness (QED) is 0.512. The van der Waals surface area contributed by atoms with Gasteiger partial charge in [0.2, 0.25) is 0 Å². The summed E-state index contributed by atoms with van der Waals surface area (Å²) in [6, 6.07) is 0. The van der Waals surface area contributed by atoms with Gasteiger partial charge in [-0.1, -0.05) is 27.2 Å². The molecule has 1 saturated carbocycles. The van der Waals surface area contributed by atoms with Gasteiger partial charge in [-0.25, -0.2) is 5.11 Å². The highest BCUT2D eigenvalue weighted by molar-refractivity contribution is 4.80. The zero-order valence-corrected chi connectivity index (χ0v) is 7.89. The minimum absolute atomic E-state index is 0.270. The lowest BCUT2D eigenvalue weighted by molar-refractivity contribution is 0.0103. The molecule has 0 aliphatic heterocycles. The molecule has 2 atom stereocenters. The summed E-state index contributed by atoms with van der Waals surface area (Å²) >= 11 is 0. The molecule has 1 heteroatoms. The molecule has 0 bridgehead atoms. The van der Waals surface area contributed by atoms with Crippen LogP contribution >= 0.6 is 0 Å². The lowest BCUT2D eigenvalue weighted by Gasteiger charge is -2.35. The fourth-order valence-corrected chi connectivity index (χ4v) is 1.93. The molecule has 0 N–H and O–H groups in total. The third-order valence-electron chi connectivity index (χ3n) is 2.85. The second-order valence-corrected chi connectivity index (χ2v) is 4.85. The largest absolute Gasteiger partial charge is 0.233 e. The van der Waals surface area contributed by atoms with Gasteiger partial charge in [0.1, 0.15) is 0 Å². The van der Waals surface area contributed by atoms with Gasteiger partial charge in [-0.3, -0.25) is 0 Å². The Morgan fingerprint density at radius 3 is 2.18 bits per heavy atom. The van der Waals surface area contributed by atoms with Crippen LogP contribution in [0.25, 0.3) is 0 Å². The Bertz CT molecular complexity index is 123. The molecular formula is C10H19O. The van der Waals surface area contributed by atoms with Crippen molar-refractivity contribution in [2.45, 2.75) is 52.6 Å². The van der Waals surface area contributed by atoms with Crippen molar-refractivity contribution >= 4 is 0 Å². The van der Waals surface area contributed by atoms with Gasteiger partial charge in [-0.2, -0.15) is 0 Å². The van der Waals surface area contributed by atoms with Gasteiger partial charge < -0.3 is 0 Å². The molecule has 1 fully saturated rings. The number of rotatable bonds is 0. The minimum Gasteiger partial charge on any atom is -0.233 e. The van der Waals surface area contributed by atoms with Gasteiger partial charge in [-0.15, -0.1) is 0 Å². The van der Waals surface area contributed by atoms with Crippen molar-refractivity contribution in [3.63, 3.8) is 0 Å². The lowest BCUT2D eigenvalue weighted by atomic mass is 9.72. The predicted octanol–water partition coefficient (Wildman–Crippen LogP) is 3.02. The molecular weight excluding hydrogens is 136 g/mol. The molecule has 1 rings (SSSR count). The molecule has 1 aliphatic carbocycles. The summed E-state index contributed by atoms with van der Waals surface area (Å²) in [4.78, 5) is 0. The zero-order chi connectivity index (χ0) is 8.48. The number of hydrogen-bond acceptors (Lipinski definition) is 0. The molecule has 2 unspecified atom stereocenters. The Labute approximate surface area is 69.8 Å². The van der Waals surface area contributed by atoms with E-state index in [4.69, 9.17) is 0 Å². The molecule has 0 heterocycles. The van der Waals surface area contributed by atoms with Crippen LogP contribution in [0.1, 0.15) is 46.5 Å². The highest BCUT2D eigenvalue weighted by atomic mass is 16.3. The van der Waals surface area contributed by atoms with Crippen LogP contribution in [0.2, 0.25) is 0 Å². The molecule has 0 aromatic rings. The first-order chi connectivity index (χ1) is 5.00. The number of hydrogen-bond donors (Lipinski definition) is 0.